The van der Waals surface area contributed by atoms with Crippen molar-refractivity contribution >= 4 is 21.9 Å². The van der Waals surface area contributed by atoms with E-state index in [0.717, 1.165) is 60.9 Å². The molecule has 0 N–H and O–H groups in total. The van der Waals surface area contributed by atoms with Crippen molar-refractivity contribution < 1.29 is 4.42 Å². The van der Waals surface area contributed by atoms with Crippen LogP contribution in [0.5, 0.6) is 0 Å². The van der Waals surface area contributed by atoms with Gasteiger partial charge in [-0.05, 0) is 103 Å². The molecule has 2 heterocycles. The van der Waals surface area contributed by atoms with Crippen molar-refractivity contribution in [3.8, 4) is 78.7 Å². The summed E-state index contributed by atoms with van der Waals surface area (Å²) in [4.78, 5) is 15.4. The Hall–Kier alpha value is -8.21. The number of fused-ring (bicyclic) bond motifs is 13. The summed E-state index contributed by atoms with van der Waals surface area (Å²) in [7, 11) is 0. The van der Waals surface area contributed by atoms with Gasteiger partial charge in [-0.1, -0.05) is 176 Å². The molecule has 9 aromatic carbocycles. The van der Waals surface area contributed by atoms with Crippen LogP contribution in [0.25, 0.3) is 101 Å². The molecule has 11 aromatic rings. The van der Waals surface area contributed by atoms with Gasteiger partial charge in [-0.3, -0.25) is 0 Å². The normalized spacial score (nSPS) is 13.0. The van der Waals surface area contributed by atoms with Crippen LogP contribution in [0.2, 0.25) is 0 Å². The Kier molecular flexibility index (Phi) is 7.49. The SMILES string of the molecule is c1ccc(-c2nc(-c3cccc(-c4ccc5c(c4)-c4ccccc4C54c5ccccc5-c5ccccc54)c3)nc(-c3cccc(-c4ccc5oc6ccccc6c5c4)c3)n2)cc1. The minimum atomic E-state index is -0.369. The number of rotatable bonds is 5. The number of nitrogens with zero attached hydrogens (tertiary/aromatic N) is 3. The minimum Gasteiger partial charge on any atom is -0.456 e. The smallest absolute Gasteiger partial charge is 0.164 e. The Morgan fingerprint density at radius 2 is 0.710 bits per heavy atom. The van der Waals surface area contributed by atoms with E-state index in [1.165, 1.54) is 44.5 Å². The lowest BCUT2D eigenvalue weighted by Crippen LogP contribution is -2.25. The zero-order valence-electron chi connectivity index (χ0n) is 33.5. The highest BCUT2D eigenvalue weighted by molar-refractivity contribution is 6.06. The summed E-state index contributed by atoms with van der Waals surface area (Å²) in [6.07, 6.45) is 0. The van der Waals surface area contributed by atoms with Crippen molar-refractivity contribution in [1.82, 2.24) is 15.0 Å². The molecule has 0 aliphatic heterocycles. The molecule has 13 rings (SSSR count). The predicted octanol–water partition coefficient (Wildman–Crippen LogP) is 14.4. The summed E-state index contributed by atoms with van der Waals surface area (Å²) >= 11 is 0. The first-order valence-corrected chi connectivity index (χ1v) is 21.1. The molecule has 0 bridgehead atoms. The van der Waals surface area contributed by atoms with E-state index >= 15 is 0 Å². The molecular formula is C58H35N3O. The summed E-state index contributed by atoms with van der Waals surface area (Å²) in [5.74, 6) is 1.87. The van der Waals surface area contributed by atoms with Crippen LogP contribution in [-0.2, 0) is 5.41 Å². The molecular weight excluding hydrogens is 755 g/mol. The average Bonchev–Trinajstić information content (AvgIpc) is 3.98. The van der Waals surface area contributed by atoms with Gasteiger partial charge in [0, 0.05) is 27.5 Å². The third kappa shape index (κ3) is 5.10. The quantitative estimate of drug-likeness (QED) is 0.174. The highest BCUT2D eigenvalue weighted by atomic mass is 16.3. The fraction of sp³-hybridized carbons (Fsp3) is 0.0172. The first-order chi connectivity index (χ1) is 30.7. The maximum atomic E-state index is 6.13. The molecule has 2 aromatic heterocycles. The summed E-state index contributed by atoms with van der Waals surface area (Å²) in [6.45, 7) is 0. The monoisotopic (exact) mass is 789 g/mol. The topological polar surface area (TPSA) is 51.8 Å². The molecule has 0 fully saturated rings. The van der Waals surface area contributed by atoms with Crippen LogP contribution in [0.1, 0.15) is 22.3 Å². The van der Waals surface area contributed by atoms with Crippen LogP contribution < -0.4 is 0 Å². The molecule has 288 valence electrons. The maximum absolute atomic E-state index is 6.13. The maximum Gasteiger partial charge on any atom is 0.164 e. The Labute approximate surface area is 358 Å². The van der Waals surface area contributed by atoms with E-state index in [1.807, 2.05) is 30.3 Å². The van der Waals surface area contributed by atoms with E-state index in [4.69, 9.17) is 19.4 Å². The molecule has 0 atom stereocenters. The van der Waals surface area contributed by atoms with E-state index in [-0.39, 0.29) is 5.41 Å². The van der Waals surface area contributed by atoms with E-state index < -0.39 is 0 Å². The Morgan fingerprint density at radius 3 is 1.35 bits per heavy atom. The van der Waals surface area contributed by atoms with Crippen LogP contribution in [-0.4, -0.2) is 15.0 Å². The van der Waals surface area contributed by atoms with E-state index in [0.29, 0.717) is 17.5 Å². The van der Waals surface area contributed by atoms with Crippen molar-refractivity contribution in [3.63, 3.8) is 0 Å². The van der Waals surface area contributed by atoms with Crippen molar-refractivity contribution in [2.75, 3.05) is 0 Å². The summed E-state index contributed by atoms with van der Waals surface area (Å²) in [6, 6.07) is 75.7. The summed E-state index contributed by atoms with van der Waals surface area (Å²) < 4.78 is 6.13. The van der Waals surface area contributed by atoms with Crippen LogP contribution in [0.15, 0.2) is 217 Å². The van der Waals surface area contributed by atoms with Gasteiger partial charge in [0.1, 0.15) is 11.2 Å². The Balaban J connectivity index is 0.924. The van der Waals surface area contributed by atoms with Gasteiger partial charge in [0.15, 0.2) is 17.5 Å². The van der Waals surface area contributed by atoms with Gasteiger partial charge in [0.25, 0.3) is 0 Å². The lowest BCUT2D eigenvalue weighted by molar-refractivity contribution is 0.669. The van der Waals surface area contributed by atoms with Crippen LogP contribution >= 0.6 is 0 Å². The lowest BCUT2D eigenvalue weighted by Gasteiger charge is -2.30. The second kappa shape index (κ2) is 13.4. The van der Waals surface area contributed by atoms with E-state index in [1.54, 1.807) is 0 Å². The van der Waals surface area contributed by atoms with E-state index in [9.17, 15) is 0 Å². The highest BCUT2D eigenvalue weighted by Gasteiger charge is 2.51. The highest BCUT2D eigenvalue weighted by Crippen LogP contribution is 2.63. The van der Waals surface area contributed by atoms with Crippen molar-refractivity contribution in [3.05, 3.63) is 235 Å². The van der Waals surface area contributed by atoms with Gasteiger partial charge in [0.2, 0.25) is 0 Å². The average molecular weight is 790 g/mol. The molecule has 62 heavy (non-hydrogen) atoms. The fourth-order valence-corrected chi connectivity index (χ4v) is 10.2. The zero-order chi connectivity index (χ0) is 40.8. The third-order valence-electron chi connectivity index (χ3n) is 12.9. The lowest BCUT2D eigenvalue weighted by atomic mass is 9.70. The molecule has 0 saturated heterocycles. The van der Waals surface area contributed by atoms with Crippen molar-refractivity contribution in [1.29, 1.82) is 0 Å². The van der Waals surface area contributed by atoms with Gasteiger partial charge in [-0.25, -0.2) is 15.0 Å². The van der Waals surface area contributed by atoms with Crippen molar-refractivity contribution in [2.24, 2.45) is 0 Å². The number of benzene rings is 9. The van der Waals surface area contributed by atoms with Crippen LogP contribution in [0.4, 0.5) is 0 Å². The van der Waals surface area contributed by atoms with Gasteiger partial charge >= 0.3 is 0 Å². The number of hydrogen-bond donors (Lipinski definition) is 0. The molecule has 4 heteroatoms. The van der Waals surface area contributed by atoms with Gasteiger partial charge in [-0.15, -0.1) is 0 Å². The molecule has 2 aliphatic rings. The first kappa shape index (κ1) is 34.6. The predicted molar refractivity (Wildman–Crippen MR) is 251 cm³/mol. The molecule has 0 amide bonds. The molecule has 0 saturated carbocycles. The van der Waals surface area contributed by atoms with E-state index in [2.05, 4.69) is 182 Å². The number of para-hydroxylation sites is 1. The number of furan rings is 1. The first-order valence-electron chi connectivity index (χ1n) is 21.1. The molecule has 1 spiro atoms. The standard InChI is InChI=1S/C58H35N3O/c1-2-14-36(15-3-1)55-59-56(61-57(60-55)42-19-13-17-38(33-42)40-29-31-54-48(35-40)46-23-7-11-27-53(46)62-54)41-18-12-16-37(32-41)39-28-30-52-47(34-39)45-22-6-10-26-51(45)58(52)49-24-8-4-20-43(49)44-21-5-9-25-50(44)58/h1-35H. The van der Waals surface area contributed by atoms with Gasteiger partial charge < -0.3 is 4.42 Å². The fourth-order valence-electron chi connectivity index (χ4n) is 10.2. The Morgan fingerprint density at radius 1 is 0.274 bits per heavy atom. The second-order valence-corrected chi connectivity index (χ2v) is 16.3. The number of aromatic nitrogens is 3. The Bertz CT molecular complexity index is 3560. The van der Waals surface area contributed by atoms with Crippen LogP contribution in [0.3, 0.4) is 0 Å². The minimum absolute atomic E-state index is 0.369. The third-order valence-corrected chi connectivity index (χ3v) is 12.9. The molecule has 2 aliphatic carbocycles. The summed E-state index contributed by atoms with van der Waals surface area (Å²) in [5.41, 5.74) is 19.1. The van der Waals surface area contributed by atoms with Gasteiger partial charge in [0.05, 0.1) is 5.41 Å². The molecule has 0 radical (unpaired) electrons. The summed E-state index contributed by atoms with van der Waals surface area (Å²) in [5, 5.41) is 2.20. The van der Waals surface area contributed by atoms with Crippen LogP contribution in [0, 0.1) is 0 Å². The zero-order valence-corrected chi connectivity index (χ0v) is 33.5. The largest absolute Gasteiger partial charge is 0.456 e. The molecule has 4 nitrogen and oxygen atoms in total. The number of hydrogen-bond acceptors (Lipinski definition) is 4. The van der Waals surface area contributed by atoms with Crippen molar-refractivity contribution in [2.45, 2.75) is 5.41 Å². The van der Waals surface area contributed by atoms with Gasteiger partial charge in [-0.2, -0.15) is 0 Å². The second-order valence-electron chi connectivity index (χ2n) is 16.3. The molecule has 0 unspecified atom stereocenters.